The number of aryl methyl sites for hydroxylation is 1. The quantitative estimate of drug-likeness (QED) is 0.693. The van der Waals surface area contributed by atoms with Crippen molar-refractivity contribution in [1.29, 1.82) is 0 Å². The van der Waals surface area contributed by atoms with E-state index in [2.05, 4.69) is 0 Å². The standard InChI is InChI=1S/C20H23NO4S2/c1-16-8-12-20(13-9-16)27(23,24)21-19(11-10-17(2)26(21)22)15-25-14-18-6-4-3-5-7-18/h3-13,17,19H,14-15H2,1-2H3/t17-,19-,26-/m0/s1. The molecule has 2 aromatic carbocycles. The highest BCUT2D eigenvalue weighted by Crippen LogP contribution is 2.27. The second kappa shape index (κ2) is 8.48. The van der Waals surface area contributed by atoms with Crippen LogP contribution in [-0.2, 0) is 32.4 Å². The van der Waals surface area contributed by atoms with Gasteiger partial charge in [0.05, 0.1) is 29.4 Å². The van der Waals surface area contributed by atoms with E-state index in [1.807, 2.05) is 37.3 Å². The van der Waals surface area contributed by atoms with Crippen molar-refractivity contribution in [3.8, 4) is 0 Å². The molecule has 0 spiro atoms. The molecule has 2 aromatic rings. The smallest absolute Gasteiger partial charge is 0.254 e. The van der Waals surface area contributed by atoms with Crippen molar-refractivity contribution >= 4 is 21.0 Å². The van der Waals surface area contributed by atoms with E-state index in [0.717, 1.165) is 14.8 Å². The molecule has 0 radical (unpaired) electrons. The van der Waals surface area contributed by atoms with Gasteiger partial charge in [0.1, 0.15) is 11.0 Å². The van der Waals surface area contributed by atoms with Gasteiger partial charge in [-0.1, -0.05) is 60.2 Å². The molecule has 0 N–H and O–H groups in total. The van der Waals surface area contributed by atoms with Gasteiger partial charge in [-0.3, -0.25) is 0 Å². The van der Waals surface area contributed by atoms with E-state index in [1.165, 1.54) is 0 Å². The second-order valence-corrected chi connectivity index (χ2v) is 10.2. The molecule has 1 aliphatic heterocycles. The van der Waals surface area contributed by atoms with Gasteiger partial charge in [-0.15, -0.1) is 3.71 Å². The van der Waals surface area contributed by atoms with Crippen LogP contribution < -0.4 is 0 Å². The molecule has 1 aliphatic rings. The molecule has 5 nitrogen and oxygen atoms in total. The van der Waals surface area contributed by atoms with Crippen LogP contribution in [0.25, 0.3) is 0 Å². The van der Waals surface area contributed by atoms with Crippen molar-refractivity contribution in [2.45, 2.75) is 36.6 Å². The first kappa shape index (κ1) is 19.9. The largest absolute Gasteiger partial charge is 0.375 e. The summed E-state index contributed by atoms with van der Waals surface area (Å²) in [5.74, 6) is 0. The van der Waals surface area contributed by atoms with E-state index in [1.54, 1.807) is 43.3 Å². The third-order valence-electron chi connectivity index (χ3n) is 4.33. The third kappa shape index (κ3) is 4.55. The van der Waals surface area contributed by atoms with Gasteiger partial charge < -0.3 is 4.74 Å². The summed E-state index contributed by atoms with van der Waals surface area (Å²) in [5, 5.41) is -0.379. The molecule has 0 saturated carbocycles. The summed E-state index contributed by atoms with van der Waals surface area (Å²) >= 11 is 0. The average molecular weight is 406 g/mol. The Bertz CT molecular complexity index is 924. The van der Waals surface area contributed by atoms with Crippen molar-refractivity contribution in [1.82, 2.24) is 3.71 Å². The minimum Gasteiger partial charge on any atom is -0.375 e. The maximum atomic E-state index is 13.1. The summed E-state index contributed by atoms with van der Waals surface area (Å²) in [6.45, 7) is 4.13. The number of hydrogen-bond acceptors (Lipinski definition) is 4. The molecule has 0 saturated heterocycles. The summed E-state index contributed by atoms with van der Waals surface area (Å²) in [6.07, 6.45) is 3.55. The zero-order valence-electron chi connectivity index (χ0n) is 15.3. The number of sulfonamides is 1. The van der Waals surface area contributed by atoms with Crippen LogP contribution in [0.5, 0.6) is 0 Å². The van der Waals surface area contributed by atoms with Crippen molar-refractivity contribution in [2.75, 3.05) is 6.61 Å². The van der Waals surface area contributed by atoms with E-state index in [0.29, 0.717) is 6.61 Å². The van der Waals surface area contributed by atoms with Gasteiger partial charge >= 0.3 is 0 Å². The van der Waals surface area contributed by atoms with Gasteiger partial charge in [-0.25, -0.2) is 12.6 Å². The molecule has 0 amide bonds. The fraction of sp³-hybridized carbons (Fsp3) is 0.300. The molecule has 0 unspecified atom stereocenters. The Hall–Kier alpha value is -1.80. The minimum absolute atomic E-state index is 0.134. The van der Waals surface area contributed by atoms with Gasteiger partial charge in [0.25, 0.3) is 10.0 Å². The lowest BCUT2D eigenvalue weighted by molar-refractivity contribution is 0.103. The predicted octanol–water partition coefficient (Wildman–Crippen LogP) is 3.19. The first-order valence-electron chi connectivity index (χ1n) is 8.71. The highest BCUT2D eigenvalue weighted by Gasteiger charge is 2.39. The Morgan fingerprint density at radius 1 is 1.04 bits per heavy atom. The van der Waals surface area contributed by atoms with Gasteiger partial charge in [0, 0.05) is 0 Å². The number of benzene rings is 2. The molecule has 0 bridgehead atoms. The fourth-order valence-electron chi connectivity index (χ4n) is 2.80. The lowest BCUT2D eigenvalue weighted by atomic mass is 10.2. The highest BCUT2D eigenvalue weighted by atomic mass is 32.3. The molecule has 144 valence electrons. The molecule has 1 heterocycles. The molecule has 7 heteroatoms. The Morgan fingerprint density at radius 2 is 1.70 bits per heavy atom. The van der Waals surface area contributed by atoms with Crippen LogP contribution in [0.4, 0.5) is 0 Å². The van der Waals surface area contributed by atoms with Crippen molar-refractivity contribution in [3.63, 3.8) is 0 Å². The maximum Gasteiger partial charge on any atom is 0.254 e. The topological polar surface area (TPSA) is 63.7 Å². The Kier molecular flexibility index (Phi) is 6.26. The third-order valence-corrected chi connectivity index (χ3v) is 8.39. The van der Waals surface area contributed by atoms with Crippen LogP contribution in [0.15, 0.2) is 71.6 Å². The van der Waals surface area contributed by atoms with Crippen LogP contribution in [0.2, 0.25) is 0 Å². The second-order valence-electron chi connectivity index (χ2n) is 6.51. The van der Waals surface area contributed by atoms with Gasteiger partial charge in [0.2, 0.25) is 0 Å². The fourth-order valence-corrected chi connectivity index (χ4v) is 6.36. The molecule has 0 aromatic heterocycles. The first-order chi connectivity index (χ1) is 12.9. The summed E-state index contributed by atoms with van der Waals surface area (Å²) in [7, 11) is -5.60. The van der Waals surface area contributed by atoms with E-state index < -0.39 is 27.1 Å². The molecule has 27 heavy (non-hydrogen) atoms. The van der Waals surface area contributed by atoms with E-state index in [4.69, 9.17) is 4.74 Å². The SMILES string of the molecule is Cc1ccc(S(=O)(=O)N2[C@H](COCc3ccccc3)C=C[C@H](C)[S@@]2=O)cc1. The zero-order valence-corrected chi connectivity index (χ0v) is 16.9. The predicted molar refractivity (Wildman–Crippen MR) is 107 cm³/mol. The summed E-state index contributed by atoms with van der Waals surface area (Å²) in [4.78, 5) is 0.136. The number of nitrogens with zero attached hydrogens (tertiary/aromatic N) is 1. The molecular formula is C20H23NO4S2. The molecule has 3 atom stereocenters. The Labute approximate surface area is 163 Å². The highest BCUT2D eigenvalue weighted by molar-refractivity contribution is 8.01. The van der Waals surface area contributed by atoms with Crippen molar-refractivity contribution < 1.29 is 17.4 Å². The molecule has 0 fully saturated rings. The van der Waals surface area contributed by atoms with Crippen LogP contribution in [-0.4, -0.2) is 34.2 Å². The van der Waals surface area contributed by atoms with Gasteiger partial charge in [-0.05, 0) is 31.5 Å². The molecule has 0 aliphatic carbocycles. The average Bonchev–Trinajstić information content (AvgIpc) is 2.65. The first-order valence-corrected chi connectivity index (χ1v) is 11.3. The Balaban J connectivity index is 1.81. The number of hydrogen-bond donors (Lipinski definition) is 0. The molecule has 3 rings (SSSR count). The van der Waals surface area contributed by atoms with E-state index >= 15 is 0 Å². The number of ether oxygens (including phenoxy) is 1. The maximum absolute atomic E-state index is 13.1. The van der Waals surface area contributed by atoms with Crippen LogP contribution in [0.3, 0.4) is 0 Å². The van der Waals surface area contributed by atoms with Crippen LogP contribution in [0.1, 0.15) is 18.1 Å². The summed E-state index contributed by atoms with van der Waals surface area (Å²) in [6, 6.07) is 15.6. The van der Waals surface area contributed by atoms with E-state index in [9.17, 15) is 12.6 Å². The summed E-state index contributed by atoms with van der Waals surface area (Å²) < 4.78 is 45.9. The van der Waals surface area contributed by atoms with Crippen LogP contribution >= 0.6 is 0 Å². The zero-order chi connectivity index (χ0) is 19.4. The van der Waals surface area contributed by atoms with E-state index in [-0.39, 0.29) is 16.8 Å². The van der Waals surface area contributed by atoms with Crippen molar-refractivity contribution in [3.05, 3.63) is 77.9 Å². The molecular weight excluding hydrogens is 382 g/mol. The summed E-state index contributed by atoms with van der Waals surface area (Å²) in [5.41, 5.74) is 1.96. The normalized spacial score (nSPS) is 23.4. The van der Waals surface area contributed by atoms with Gasteiger partial charge in [0.15, 0.2) is 0 Å². The van der Waals surface area contributed by atoms with Crippen molar-refractivity contribution in [2.24, 2.45) is 0 Å². The monoisotopic (exact) mass is 405 g/mol. The lowest BCUT2D eigenvalue weighted by Gasteiger charge is -2.32. The minimum atomic E-state index is -3.90. The Morgan fingerprint density at radius 3 is 2.37 bits per heavy atom. The lowest BCUT2D eigenvalue weighted by Crippen LogP contribution is -2.47. The number of rotatable bonds is 6. The van der Waals surface area contributed by atoms with Crippen LogP contribution in [0, 0.1) is 6.92 Å². The van der Waals surface area contributed by atoms with Gasteiger partial charge in [-0.2, -0.15) is 0 Å².